The number of carbonyl (C=O) groups is 1. The Morgan fingerprint density at radius 3 is 2.70 bits per heavy atom. The molecule has 1 amide bonds. The highest BCUT2D eigenvalue weighted by molar-refractivity contribution is 9.09. The van der Waals surface area contributed by atoms with Crippen molar-refractivity contribution in [3.8, 4) is 0 Å². The van der Waals surface area contributed by atoms with Crippen molar-refractivity contribution in [3.63, 3.8) is 0 Å². The fourth-order valence-electron chi connectivity index (χ4n) is 2.64. The molecule has 0 aromatic heterocycles. The summed E-state index contributed by atoms with van der Waals surface area (Å²) in [5.74, 6) is -1.42. The smallest absolute Gasteiger partial charge is 0.227 e. The molecule has 1 aromatic carbocycles. The first kappa shape index (κ1) is 15.4. The van der Waals surface area contributed by atoms with E-state index in [4.69, 9.17) is 0 Å². The fourth-order valence-corrected chi connectivity index (χ4v) is 3.58. The zero-order valence-electron chi connectivity index (χ0n) is 11.4. The van der Waals surface area contributed by atoms with Gasteiger partial charge in [0.15, 0.2) is 0 Å². The SMILES string of the molecule is CN(C(=O)Cc1ccc(F)cc1F)C1CCCCC1Br. The summed E-state index contributed by atoms with van der Waals surface area (Å²) < 4.78 is 26.4. The van der Waals surface area contributed by atoms with Crippen LogP contribution >= 0.6 is 15.9 Å². The molecular weight excluding hydrogens is 328 g/mol. The molecule has 0 heterocycles. The molecule has 1 fully saturated rings. The Labute approximate surface area is 126 Å². The van der Waals surface area contributed by atoms with E-state index in [9.17, 15) is 13.6 Å². The van der Waals surface area contributed by atoms with E-state index >= 15 is 0 Å². The summed E-state index contributed by atoms with van der Waals surface area (Å²) >= 11 is 3.62. The van der Waals surface area contributed by atoms with Crippen molar-refractivity contribution in [1.29, 1.82) is 0 Å². The highest BCUT2D eigenvalue weighted by Gasteiger charge is 2.29. The quantitative estimate of drug-likeness (QED) is 0.765. The molecule has 1 aliphatic carbocycles. The van der Waals surface area contributed by atoms with Crippen molar-refractivity contribution in [2.75, 3.05) is 7.05 Å². The predicted octanol–water partition coefficient (Wildman–Crippen LogP) is 3.67. The Hall–Kier alpha value is -0.970. The molecule has 20 heavy (non-hydrogen) atoms. The summed E-state index contributed by atoms with van der Waals surface area (Å²) in [5.41, 5.74) is 0.241. The van der Waals surface area contributed by atoms with E-state index in [1.807, 2.05) is 0 Å². The summed E-state index contributed by atoms with van der Waals surface area (Å²) in [5, 5.41) is 0. The molecule has 2 unspecified atom stereocenters. The Morgan fingerprint density at radius 2 is 2.05 bits per heavy atom. The number of hydrogen-bond acceptors (Lipinski definition) is 1. The van der Waals surface area contributed by atoms with E-state index in [0.717, 1.165) is 25.3 Å². The van der Waals surface area contributed by atoms with E-state index in [1.54, 1.807) is 11.9 Å². The van der Waals surface area contributed by atoms with Crippen LogP contribution in [0.4, 0.5) is 8.78 Å². The molecule has 110 valence electrons. The van der Waals surface area contributed by atoms with Gasteiger partial charge in [0.2, 0.25) is 5.91 Å². The number of halogens is 3. The highest BCUT2D eigenvalue weighted by atomic mass is 79.9. The van der Waals surface area contributed by atoms with E-state index < -0.39 is 11.6 Å². The van der Waals surface area contributed by atoms with E-state index in [-0.39, 0.29) is 23.9 Å². The first-order valence-electron chi connectivity index (χ1n) is 6.82. The summed E-state index contributed by atoms with van der Waals surface area (Å²) in [4.78, 5) is 14.2. The lowest BCUT2D eigenvalue weighted by molar-refractivity contribution is -0.131. The molecular formula is C15H18BrF2NO. The van der Waals surface area contributed by atoms with Crippen LogP contribution in [0.25, 0.3) is 0 Å². The third kappa shape index (κ3) is 3.57. The van der Waals surface area contributed by atoms with Crippen LogP contribution < -0.4 is 0 Å². The number of alkyl halides is 1. The number of likely N-dealkylation sites (N-methyl/N-ethyl adjacent to an activating group) is 1. The summed E-state index contributed by atoms with van der Waals surface area (Å²) in [6.07, 6.45) is 4.26. The molecule has 1 saturated carbocycles. The zero-order chi connectivity index (χ0) is 14.7. The molecule has 0 bridgehead atoms. The van der Waals surface area contributed by atoms with Crippen molar-refractivity contribution in [2.45, 2.75) is 43.0 Å². The van der Waals surface area contributed by atoms with Crippen molar-refractivity contribution in [3.05, 3.63) is 35.4 Å². The van der Waals surface area contributed by atoms with Crippen LogP contribution in [-0.2, 0) is 11.2 Å². The van der Waals surface area contributed by atoms with Crippen molar-refractivity contribution in [1.82, 2.24) is 4.90 Å². The maximum absolute atomic E-state index is 13.6. The van der Waals surface area contributed by atoms with Gasteiger partial charge in [-0.15, -0.1) is 0 Å². The van der Waals surface area contributed by atoms with Crippen LogP contribution in [0, 0.1) is 11.6 Å². The van der Waals surface area contributed by atoms with Gasteiger partial charge in [0.1, 0.15) is 11.6 Å². The van der Waals surface area contributed by atoms with Gasteiger partial charge in [-0.1, -0.05) is 34.8 Å². The summed E-state index contributed by atoms with van der Waals surface area (Å²) in [6, 6.07) is 3.48. The van der Waals surface area contributed by atoms with Crippen molar-refractivity contribution >= 4 is 21.8 Å². The molecule has 0 aliphatic heterocycles. The largest absolute Gasteiger partial charge is 0.341 e. The molecule has 0 N–H and O–H groups in total. The maximum Gasteiger partial charge on any atom is 0.227 e. The molecule has 0 radical (unpaired) electrons. The second kappa shape index (κ2) is 6.66. The van der Waals surface area contributed by atoms with Crippen LogP contribution in [0.5, 0.6) is 0 Å². The van der Waals surface area contributed by atoms with Crippen LogP contribution in [0.1, 0.15) is 31.2 Å². The summed E-state index contributed by atoms with van der Waals surface area (Å²) in [7, 11) is 1.76. The topological polar surface area (TPSA) is 20.3 Å². The maximum atomic E-state index is 13.6. The van der Waals surface area contributed by atoms with Gasteiger partial charge in [0, 0.05) is 24.0 Å². The van der Waals surface area contributed by atoms with Gasteiger partial charge in [-0.25, -0.2) is 8.78 Å². The Kier molecular flexibility index (Phi) is 5.13. The number of carbonyl (C=O) groups excluding carboxylic acids is 1. The van der Waals surface area contributed by atoms with Gasteiger partial charge in [0.25, 0.3) is 0 Å². The lowest BCUT2D eigenvalue weighted by Crippen LogP contribution is -2.44. The standard InChI is InChI=1S/C15H18BrF2NO/c1-19(14-5-3-2-4-12(14)16)15(20)8-10-6-7-11(17)9-13(10)18/h6-7,9,12,14H,2-5,8H2,1H3. The molecule has 2 nitrogen and oxygen atoms in total. The van der Waals surface area contributed by atoms with Crippen LogP contribution in [0.2, 0.25) is 0 Å². The minimum absolute atomic E-state index is 0.0289. The molecule has 5 heteroatoms. The molecule has 0 saturated heterocycles. The molecule has 2 atom stereocenters. The lowest BCUT2D eigenvalue weighted by atomic mass is 9.94. The van der Waals surface area contributed by atoms with Gasteiger partial charge in [-0.3, -0.25) is 4.79 Å². The average Bonchev–Trinajstić information content (AvgIpc) is 2.41. The number of amides is 1. The molecule has 1 aromatic rings. The normalized spacial score (nSPS) is 22.6. The lowest BCUT2D eigenvalue weighted by Gasteiger charge is -2.35. The molecule has 1 aliphatic rings. The Bertz CT molecular complexity index is 495. The van der Waals surface area contributed by atoms with Gasteiger partial charge < -0.3 is 4.90 Å². The van der Waals surface area contributed by atoms with Gasteiger partial charge >= 0.3 is 0 Å². The van der Waals surface area contributed by atoms with E-state index in [1.165, 1.54) is 18.6 Å². The predicted molar refractivity (Wildman–Crippen MR) is 77.8 cm³/mol. The first-order chi connectivity index (χ1) is 9.49. The highest BCUT2D eigenvalue weighted by Crippen LogP contribution is 2.28. The van der Waals surface area contributed by atoms with Gasteiger partial charge in [0.05, 0.1) is 6.42 Å². The van der Waals surface area contributed by atoms with Gasteiger partial charge in [-0.2, -0.15) is 0 Å². The Morgan fingerprint density at radius 1 is 1.35 bits per heavy atom. The second-order valence-electron chi connectivity index (χ2n) is 5.28. The Balaban J connectivity index is 2.03. The fraction of sp³-hybridized carbons (Fsp3) is 0.533. The number of benzene rings is 1. The van der Waals surface area contributed by atoms with Crippen molar-refractivity contribution < 1.29 is 13.6 Å². The van der Waals surface area contributed by atoms with Crippen molar-refractivity contribution in [2.24, 2.45) is 0 Å². The van der Waals surface area contributed by atoms with Crippen LogP contribution in [0.3, 0.4) is 0 Å². The number of nitrogens with zero attached hydrogens (tertiary/aromatic N) is 1. The number of rotatable bonds is 3. The first-order valence-corrected chi connectivity index (χ1v) is 7.74. The van der Waals surface area contributed by atoms with Gasteiger partial charge in [-0.05, 0) is 24.5 Å². The monoisotopic (exact) mass is 345 g/mol. The average molecular weight is 346 g/mol. The van der Waals surface area contributed by atoms with Crippen LogP contribution in [0.15, 0.2) is 18.2 Å². The summed E-state index contributed by atoms with van der Waals surface area (Å²) in [6.45, 7) is 0. The van der Waals surface area contributed by atoms with E-state index in [0.29, 0.717) is 4.83 Å². The van der Waals surface area contributed by atoms with Crippen LogP contribution in [-0.4, -0.2) is 28.7 Å². The third-order valence-corrected chi connectivity index (χ3v) is 4.96. The minimum atomic E-state index is -0.661. The zero-order valence-corrected chi connectivity index (χ0v) is 13.0. The number of hydrogen-bond donors (Lipinski definition) is 0. The molecule has 2 rings (SSSR count). The van der Waals surface area contributed by atoms with E-state index in [2.05, 4.69) is 15.9 Å². The third-order valence-electron chi connectivity index (χ3n) is 3.89. The molecule has 0 spiro atoms. The minimum Gasteiger partial charge on any atom is -0.341 e. The second-order valence-corrected chi connectivity index (χ2v) is 6.46.